The Kier molecular flexibility index (Phi) is 5.79. The lowest BCUT2D eigenvalue weighted by Crippen LogP contribution is -2.34. The molecule has 18 heavy (non-hydrogen) atoms. The van der Waals surface area contributed by atoms with Crippen LogP contribution in [-0.4, -0.2) is 17.8 Å². The number of benzene rings is 1. The largest absolute Gasteiger partial charge is 0.352 e. The van der Waals surface area contributed by atoms with Crippen LogP contribution in [0.2, 0.25) is 0 Å². The second-order valence-corrected chi connectivity index (χ2v) is 6.56. The zero-order valence-electron chi connectivity index (χ0n) is 10.4. The van der Waals surface area contributed by atoms with Crippen LogP contribution < -0.4 is 5.32 Å². The number of halogens is 3. The number of alkyl halides is 1. The molecule has 1 rings (SSSR count). The molecule has 0 spiro atoms. The van der Waals surface area contributed by atoms with Gasteiger partial charge in [0.1, 0.15) is 5.82 Å². The molecule has 0 bridgehead atoms. The van der Waals surface area contributed by atoms with Crippen molar-refractivity contribution in [2.45, 2.75) is 20.3 Å². The SMILES string of the molecule is CC(C)(CCBr)CNC(=O)c1ccc(F)c(Br)c1. The number of rotatable bonds is 5. The normalized spacial score (nSPS) is 11.4. The van der Waals surface area contributed by atoms with E-state index in [1.807, 2.05) is 0 Å². The molecule has 0 saturated carbocycles. The van der Waals surface area contributed by atoms with Gasteiger partial charge in [-0.15, -0.1) is 0 Å². The van der Waals surface area contributed by atoms with E-state index in [4.69, 9.17) is 0 Å². The van der Waals surface area contributed by atoms with Crippen molar-refractivity contribution in [1.82, 2.24) is 5.32 Å². The van der Waals surface area contributed by atoms with Crippen LogP contribution in [-0.2, 0) is 0 Å². The van der Waals surface area contributed by atoms with E-state index in [-0.39, 0.29) is 17.1 Å². The van der Waals surface area contributed by atoms with Crippen LogP contribution in [0.1, 0.15) is 30.6 Å². The Morgan fingerprint density at radius 3 is 2.67 bits per heavy atom. The molecule has 1 N–H and O–H groups in total. The zero-order chi connectivity index (χ0) is 13.8. The van der Waals surface area contributed by atoms with Crippen molar-refractivity contribution in [1.29, 1.82) is 0 Å². The van der Waals surface area contributed by atoms with Gasteiger partial charge in [-0.2, -0.15) is 0 Å². The number of hydrogen-bond acceptors (Lipinski definition) is 1. The molecule has 0 heterocycles. The molecule has 0 radical (unpaired) electrons. The third-order valence-electron chi connectivity index (χ3n) is 2.68. The van der Waals surface area contributed by atoms with Crippen LogP contribution in [0.5, 0.6) is 0 Å². The summed E-state index contributed by atoms with van der Waals surface area (Å²) < 4.78 is 13.4. The first-order valence-corrected chi connectivity index (χ1v) is 7.56. The van der Waals surface area contributed by atoms with Crippen molar-refractivity contribution in [3.05, 3.63) is 34.1 Å². The number of nitrogens with one attached hydrogen (secondary N) is 1. The fourth-order valence-corrected chi connectivity index (χ4v) is 2.86. The first-order chi connectivity index (χ1) is 8.35. The third-order valence-corrected chi connectivity index (χ3v) is 3.68. The molecular formula is C13H16Br2FNO. The second kappa shape index (κ2) is 6.66. The molecule has 100 valence electrons. The lowest BCUT2D eigenvalue weighted by atomic mass is 9.90. The summed E-state index contributed by atoms with van der Waals surface area (Å²) in [6.07, 6.45) is 0.973. The van der Waals surface area contributed by atoms with Gasteiger partial charge in [-0.3, -0.25) is 4.79 Å². The van der Waals surface area contributed by atoms with E-state index in [0.29, 0.717) is 16.6 Å². The Bertz CT molecular complexity index is 435. The molecule has 0 saturated heterocycles. The maximum Gasteiger partial charge on any atom is 0.251 e. The van der Waals surface area contributed by atoms with Crippen molar-refractivity contribution in [2.24, 2.45) is 5.41 Å². The van der Waals surface area contributed by atoms with Crippen LogP contribution in [0.3, 0.4) is 0 Å². The predicted molar refractivity (Wildman–Crippen MR) is 78.6 cm³/mol. The van der Waals surface area contributed by atoms with Crippen molar-refractivity contribution in [2.75, 3.05) is 11.9 Å². The lowest BCUT2D eigenvalue weighted by molar-refractivity contribution is 0.0936. The predicted octanol–water partition coefficient (Wildman–Crippen LogP) is 4.13. The highest BCUT2D eigenvalue weighted by Gasteiger charge is 2.18. The van der Waals surface area contributed by atoms with Crippen LogP contribution in [0.15, 0.2) is 22.7 Å². The highest BCUT2D eigenvalue weighted by molar-refractivity contribution is 9.10. The lowest BCUT2D eigenvalue weighted by Gasteiger charge is -2.23. The van der Waals surface area contributed by atoms with Gasteiger partial charge in [-0.1, -0.05) is 29.8 Å². The van der Waals surface area contributed by atoms with E-state index in [1.54, 1.807) is 0 Å². The molecule has 1 amide bonds. The molecule has 0 aliphatic rings. The Hall–Kier alpha value is -0.420. The average Bonchev–Trinajstić information content (AvgIpc) is 2.30. The maximum atomic E-state index is 13.1. The summed E-state index contributed by atoms with van der Waals surface area (Å²) >= 11 is 6.46. The summed E-state index contributed by atoms with van der Waals surface area (Å²) in [5.74, 6) is -0.551. The summed E-state index contributed by atoms with van der Waals surface area (Å²) in [6.45, 7) is 4.77. The Morgan fingerprint density at radius 2 is 2.11 bits per heavy atom. The smallest absolute Gasteiger partial charge is 0.251 e. The summed E-state index contributed by atoms with van der Waals surface area (Å²) in [6, 6.07) is 4.25. The Balaban J connectivity index is 2.63. The van der Waals surface area contributed by atoms with E-state index >= 15 is 0 Å². The van der Waals surface area contributed by atoms with Crippen molar-refractivity contribution in [3.63, 3.8) is 0 Å². The van der Waals surface area contributed by atoms with Gasteiger partial charge < -0.3 is 5.32 Å². The van der Waals surface area contributed by atoms with Gasteiger partial charge in [0.15, 0.2) is 0 Å². The fourth-order valence-electron chi connectivity index (χ4n) is 1.40. The van der Waals surface area contributed by atoms with Gasteiger partial charge in [0, 0.05) is 17.4 Å². The molecular weight excluding hydrogens is 365 g/mol. The minimum Gasteiger partial charge on any atom is -0.352 e. The van der Waals surface area contributed by atoms with Crippen molar-refractivity contribution < 1.29 is 9.18 Å². The molecule has 2 nitrogen and oxygen atoms in total. The molecule has 1 aromatic rings. The topological polar surface area (TPSA) is 29.1 Å². The molecule has 0 unspecified atom stereocenters. The standard InChI is InChI=1S/C13H16Br2FNO/c1-13(2,5-6-14)8-17-12(18)9-3-4-11(16)10(15)7-9/h3-4,7H,5-6,8H2,1-2H3,(H,17,18). The van der Waals surface area contributed by atoms with Crippen LogP contribution >= 0.6 is 31.9 Å². The fraction of sp³-hybridized carbons (Fsp3) is 0.462. The summed E-state index contributed by atoms with van der Waals surface area (Å²) in [4.78, 5) is 11.9. The van der Waals surface area contributed by atoms with E-state index < -0.39 is 0 Å². The number of hydrogen-bond donors (Lipinski definition) is 1. The number of amides is 1. The van der Waals surface area contributed by atoms with E-state index in [1.165, 1.54) is 18.2 Å². The number of carbonyl (C=O) groups is 1. The highest BCUT2D eigenvalue weighted by atomic mass is 79.9. The molecule has 0 aliphatic heterocycles. The quantitative estimate of drug-likeness (QED) is 0.764. The summed E-state index contributed by atoms with van der Waals surface area (Å²) in [5, 5.41) is 3.77. The second-order valence-electron chi connectivity index (χ2n) is 4.91. The average molecular weight is 381 g/mol. The van der Waals surface area contributed by atoms with E-state index in [2.05, 4.69) is 51.0 Å². The van der Waals surface area contributed by atoms with Crippen molar-refractivity contribution >= 4 is 37.8 Å². The minimum absolute atomic E-state index is 0.0381. The summed E-state index contributed by atoms with van der Waals surface area (Å²) in [5.41, 5.74) is 0.495. The van der Waals surface area contributed by atoms with E-state index in [0.717, 1.165) is 11.8 Å². The van der Waals surface area contributed by atoms with Gasteiger partial charge in [0.2, 0.25) is 0 Å². The first kappa shape index (κ1) is 15.6. The van der Waals surface area contributed by atoms with Gasteiger partial charge in [0.25, 0.3) is 5.91 Å². The molecule has 1 aromatic carbocycles. The molecule has 0 fully saturated rings. The monoisotopic (exact) mass is 379 g/mol. The minimum atomic E-state index is -0.369. The van der Waals surface area contributed by atoms with Gasteiger partial charge in [-0.25, -0.2) is 4.39 Å². The van der Waals surface area contributed by atoms with Crippen LogP contribution in [0.25, 0.3) is 0 Å². The molecule has 0 aliphatic carbocycles. The first-order valence-electron chi connectivity index (χ1n) is 5.65. The summed E-state index contributed by atoms with van der Waals surface area (Å²) in [7, 11) is 0. The zero-order valence-corrected chi connectivity index (χ0v) is 13.6. The van der Waals surface area contributed by atoms with Crippen LogP contribution in [0, 0.1) is 11.2 Å². The van der Waals surface area contributed by atoms with Gasteiger partial charge in [0.05, 0.1) is 4.47 Å². The van der Waals surface area contributed by atoms with Crippen LogP contribution in [0.4, 0.5) is 4.39 Å². The molecule has 0 aromatic heterocycles. The highest BCUT2D eigenvalue weighted by Crippen LogP contribution is 2.21. The van der Waals surface area contributed by atoms with E-state index in [9.17, 15) is 9.18 Å². The molecule has 0 atom stereocenters. The molecule has 5 heteroatoms. The number of carbonyl (C=O) groups excluding carboxylic acids is 1. The van der Waals surface area contributed by atoms with Gasteiger partial charge in [-0.05, 0) is 46.0 Å². The van der Waals surface area contributed by atoms with Gasteiger partial charge >= 0.3 is 0 Å². The van der Waals surface area contributed by atoms with Crippen molar-refractivity contribution in [3.8, 4) is 0 Å². The Morgan fingerprint density at radius 1 is 1.44 bits per heavy atom. The third kappa shape index (κ3) is 4.69. The Labute approximate surface area is 124 Å². The maximum absolute atomic E-state index is 13.1.